The van der Waals surface area contributed by atoms with Gasteiger partial charge in [-0.15, -0.1) is 0 Å². The highest BCUT2D eigenvalue weighted by molar-refractivity contribution is 9.10. The van der Waals surface area contributed by atoms with Crippen molar-refractivity contribution in [1.29, 1.82) is 0 Å². The van der Waals surface area contributed by atoms with Crippen molar-refractivity contribution < 1.29 is 28.2 Å². The topological polar surface area (TPSA) is 99.9 Å². The van der Waals surface area contributed by atoms with Gasteiger partial charge in [0.1, 0.15) is 0 Å². The van der Waals surface area contributed by atoms with Gasteiger partial charge in [-0.25, -0.2) is 9.78 Å². The number of nitrogens with zero attached hydrogens (tertiary/aromatic N) is 1. The van der Waals surface area contributed by atoms with Gasteiger partial charge in [0.2, 0.25) is 5.89 Å². The van der Waals surface area contributed by atoms with Gasteiger partial charge in [0.15, 0.2) is 17.3 Å². The lowest BCUT2D eigenvalue weighted by molar-refractivity contribution is 0.0601. The highest BCUT2D eigenvalue weighted by atomic mass is 79.9. The summed E-state index contributed by atoms with van der Waals surface area (Å²) in [6.45, 7) is 0. The van der Waals surface area contributed by atoms with Crippen LogP contribution in [-0.2, 0) is 4.74 Å². The number of carbonyl (C=O) groups is 2. The van der Waals surface area contributed by atoms with Gasteiger partial charge in [-0.1, -0.05) is 40.2 Å². The van der Waals surface area contributed by atoms with Gasteiger partial charge in [-0.05, 0) is 24.3 Å². The molecule has 0 fully saturated rings. The summed E-state index contributed by atoms with van der Waals surface area (Å²) in [5.41, 5.74) is 1.97. The Kier molecular flexibility index (Phi) is 7.17. The molecule has 0 aliphatic carbocycles. The number of anilines is 1. The van der Waals surface area contributed by atoms with E-state index in [9.17, 15) is 9.59 Å². The van der Waals surface area contributed by atoms with E-state index < -0.39 is 11.9 Å². The normalized spacial score (nSPS) is 10.5. The molecule has 0 radical (unpaired) electrons. The molecule has 4 aromatic rings. The first-order chi connectivity index (χ1) is 16.9. The van der Waals surface area contributed by atoms with Crippen LogP contribution in [0.5, 0.6) is 11.5 Å². The average Bonchev–Trinajstić information content (AvgIpc) is 3.38. The van der Waals surface area contributed by atoms with Crippen LogP contribution in [0, 0.1) is 0 Å². The maximum atomic E-state index is 13.3. The van der Waals surface area contributed by atoms with Gasteiger partial charge in [-0.3, -0.25) is 4.79 Å². The number of nitrogens with one attached hydrogen (secondary N) is 1. The van der Waals surface area contributed by atoms with Crippen molar-refractivity contribution >= 4 is 33.5 Å². The summed E-state index contributed by atoms with van der Waals surface area (Å²) in [5.74, 6) is 0.412. The number of rotatable bonds is 7. The van der Waals surface area contributed by atoms with Crippen LogP contribution in [-0.4, -0.2) is 38.2 Å². The Balaban J connectivity index is 1.69. The number of hydrogen-bond donors (Lipinski definition) is 1. The van der Waals surface area contributed by atoms with Gasteiger partial charge in [0.05, 0.1) is 44.3 Å². The number of amides is 1. The summed E-state index contributed by atoms with van der Waals surface area (Å²) in [4.78, 5) is 30.1. The molecule has 1 heterocycles. The summed E-state index contributed by atoms with van der Waals surface area (Å²) >= 11 is 3.41. The molecule has 0 saturated heterocycles. The molecule has 0 saturated carbocycles. The first-order valence-electron chi connectivity index (χ1n) is 10.4. The molecule has 1 N–H and O–H groups in total. The van der Waals surface area contributed by atoms with Crippen LogP contribution in [0.4, 0.5) is 5.69 Å². The predicted octanol–water partition coefficient (Wildman–Crippen LogP) is 5.83. The zero-order valence-electron chi connectivity index (χ0n) is 19.1. The molecule has 3 aromatic carbocycles. The van der Waals surface area contributed by atoms with Crippen LogP contribution in [0.3, 0.4) is 0 Å². The lowest BCUT2D eigenvalue weighted by Gasteiger charge is -2.15. The molecule has 4 rings (SSSR count). The van der Waals surface area contributed by atoms with E-state index in [0.29, 0.717) is 28.4 Å². The van der Waals surface area contributed by atoms with E-state index in [2.05, 4.69) is 26.2 Å². The van der Waals surface area contributed by atoms with Crippen LogP contribution < -0.4 is 14.8 Å². The standard InChI is InChI=1S/C26H21BrN2O6/c1-32-21-12-19(26(31)34-3)20(13-22(21)33-2)29-24(30)17-6-4-5-7-18(17)25-28-14-23(35-25)15-8-10-16(27)11-9-15/h4-14H,1-3H3,(H,29,30). The fourth-order valence-corrected chi connectivity index (χ4v) is 3.73. The number of aromatic nitrogens is 1. The molecule has 9 heteroatoms. The molecule has 35 heavy (non-hydrogen) atoms. The number of hydrogen-bond acceptors (Lipinski definition) is 7. The SMILES string of the molecule is COC(=O)c1cc(OC)c(OC)cc1NC(=O)c1ccccc1-c1ncc(-c2ccc(Br)cc2)o1. The Morgan fingerprint density at radius 2 is 1.60 bits per heavy atom. The molecule has 1 amide bonds. The van der Waals surface area contributed by atoms with Gasteiger partial charge < -0.3 is 23.9 Å². The quantitative estimate of drug-likeness (QED) is 0.296. The second kappa shape index (κ2) is 10.4. The number of benzene rings is 3. The Morgan fingerprint density at radius 3 is 2.29 bits per heavy atom. The molecule has 0 atom stereocenters. The van der Waals surface area contributed by atoms with Gasteiger partial charge in [0.25, 0.3) is 5.91 Å². The van der Waals surface area contributed by atoms with E-state index in [4.69, 9.17) is 18.6 Å². The van der Waals surface area contributed by atoms with Crippen LogP contribution in [0.2, 0.25) is 0 Å². The monoisotopic (exact) mass is 536 g/mol. The van der Waals surface area contributed by atoms with E-state index in [1.807, 2.05) is 24.3 Å². The molecule has 0 unspecified atom stereocenters. The van der Waals surface area contributed by atoms with Crippen molar-refractivity contribution in [2.24, 2.45) is 0 Å². The summed E-state index contributed by atoms with van der Waals surface area (Å²) in [6.07, 6.45) is 1.61. The first-order valence-corrected chi connectivity index (χ1v) is 11.2. The molecule has 1 aromatic heterocycles. The number of oxazole rings is 1. The Hall–Kier alpha value is -4.11. The van der Waals surface area contributed by atoms with Gasteiger partial charge in [-0.2, -0.15) is 0 Å². The molecular weight excluding hydrogens is 516 g/mol. The number of ether oxygens (including phenoxy) is 3. The van der Waals surface area contributed by atoms with Crippen LogP contribution in [0.15, 0.2) is 75.8 Å². The zero-order valence-corrected chi connectivity index (χ0v) is 20.7. The van der Waals surface area contributed by atoms with Crippen molar-refractivity contribution in [1.82, 2.24) is 4.98 Å². The Labute approximate surface area is 210 Å². The minimum Gasteiger partial charge on any atom is -0.493 e. The lowest BCUT2D eigenvalue weighted by Crippen LogP contribution is -2.16. The molecule has 0 bridgehead atoms. The second-order valence-electron chi connectivity index (χ2n) is 7.28. The third kappa shape index (κ3) is 5.04. The number of methoxy groups -OCH3 is 3. The smallest absolute Gasteiger partial charge is 0.340 e. The molecule has 178 valence electrons. The predicted molar refractivity (Wildman–Crippen MR) is 134 cm³/mol. The maximum Gasteiger partial charge on any atom is 0.340 e. The van der Waals surface area contributed by atoms with Crippen molar-refractivity contribution in [3.63, 3.8) is 0 Å². The zero-order chi connectivity index (χ0) is 24.9. The number of carbonyl (C=O) groups excluding carboxylic acids is 2. The molecule has 0 spiro atoms. The minimum atomic E-state index is -0.638. The summed E-state index contributed by atoms with van der Waals surface area (Å²) in [5, 5.41) is 2.77. The van der Waals surface area contributed by atoms with E-state index in [1.165, 1.54) is 33.5 Å². The fourth-order valence-electron chi connectivity index (χ4n) is 3.46. The highest BCUT2D eigenvalue weighted by Gasteiger charge is 2.22. The average molecular weight is 537 g/mol. The van der Waals surface area contributed by atoms with Crippen molar-refractivity contribution in [2.75, 3.05) is 26.6 Å². The highest BCUT2D eigenvalue weighted by Crippen LogP contribution is 2.35. The van der Waals surface area contributed by atoms with Crippen molar-refractivity contribution in [3.05, 3.63) is 82.5 Å². The van der Waals surface area contributed by atoms with Crippen LogP contribution in [0.25, 0.3) is 22.8 Å². The van der Waals surface area contributed by atoms with Gasteiger partial charge in [0, 0.05) is 27.7 Å². The number of esters is 1. The largest absolute Gasteiger partial charge is 0.493 e. The Bertz CT molecular complexity index is 1380. The maximum absolute atomic E-state index is 13.3. The second-order valence-corrected chi connectivity index (χ2v) is 8.20. The van der Waals surface area contributed by atoms with Crippen LogP contribution in [0.1, 0.15) is 20.7 Å². The summed E-state index contributed by atoms with van der Waals surface area (Å²) in [7, 11) is 4.17. The third-order valence-electron chi connectivity index (χ3n) is 5.21. The Morgan fingerprint density at radius 1 is 0.914 bits per heavy atom. The molecule has 0 aliphatic rings. The molecular formula is C26H21BrN2O6. The third-order valence-corrected chi connectivity index (χ3v) is 5.74. The van der Waals surface area contributed by atoms with E-state index in [1.54, 1.807) is 30.5 Å². The van der Waals surface area contributed by atoms with Crippen molar-refractivity contribution in [2.45, 2.75) is 0 Å². The minimum absolute atomic E-state index is 0.115. The molecule has 0 aliphatic heterocycles. The number of halogens is 1. The molecule has 8 nitrogen and oxygen atoms in total. The van der Waals surface area contributed by atoms with E-state index >= 15 is 0 Å². The summed E-state index contributed by atoms with van der Waals surface area (Å²) in [6, 6.07) is 17.5. The lowest BCUT2D eigenvalue weighted by atomic mass is 10.1. The van der Waals surface area contributed by atoms with Gasteiger partial charge >= 0.3 is 5.97 Å². The first kappa shape index (κ1) is 24.0. The van der Waals surface area contributed by atoms with Crippen molar-refractivity contribution in [3.8, 4) is 34.3 Å². The van der Waals surface area contributed by atoms with E-state index in [0.717, 1.165) is 10.0 Å². The van der Waals surface area contributed by atoms with E-state index in [-0.39, 0.29) is 17.1 Å². The fraction of sp³-hybridized carbons (Fsp3) is 0.115. The van der Waals surface area contributed by atoms with Crippen LogP contribution >= 0.6 is 15.9 Å². The summed E-state index contributed by atoms with van der Waals surface area (Å²) < 4.78 is 22.4.